The highest BCUT2D eigenvalue weighted by Gasteiger charge is 2.52. The van der Waals surface area contributed by atoms with Gasteiger partial charge in [-0.25, -0.2) is 0 Å². The molecule has 0 radical (unpaired) electrons. The molecule has 0 saturated carbocycles. The van der Waals surface area contributed by atoms with E-state index in [1.165, 1.54) is 0 Å². The molecule has 1 aliphatic rings. The van der Waals surface area contributed by atoms with Crippen molar-refractivity contribution in [2.75, 3.05) is 11.4 Å². The summed E-state index contributed by atoms with van der Waals surface area (Å²) in [6.45, 7) is 2.57. The molecule has 1 amide bonds. The van der Waals surface area contributed by atoms with Crippen molar-refractivity contribution >= 4 is 11.6 Å². The summed E-state index contributed by atoms with van der Waals surface area (Å²) in [5.74, 6) is -0.00564. The van der Waals surface area contributed by atoms with E-state index in [4.69, 9.17) is 0 Å². The van der Waals surface area contributed by atoms with Crippen LogP contribution in [0.3, 0.4) is 0 Å². The van der Waals surface area contributed by atoms with Crippen LogP contribution in [0.4, 0.5) is 5.69 Å². The van der Waals surface area contributed by atoms with Gasteiger partial charge in [-0.1, -0.05) is 78.9 Å². The highest BCUT2D eigenvalue weighted by atomic mass is 16.3. The number of carbonyl (C=O) groups is 1. The van der Waals surface area contributed by atoms with Gasteiger partial charge in [0.05, 0.1) is 11.5 Å². The van der Waals surface area contributed by atoms with Crippen LogP contribution in [0.2, 0.25) is 0 Å². The summed E-state index contributed by atoms with van der Waals surface area (Å²) in [6, 6.07) is 27.7. The smallest absolute Gasteiger partial charge is 0.236 e. The van der Waals surface area contributed by atoms with Gasteiger partial charge in [-0.05, 0) is 37.0 Å². The SMILES string of the molecule is CCN1C(=O)C(Cc2ccccc2)(Cc2ccccc2)C(O)c2ccccc21. The Morgan fingerprint density at radius 2 is 1.32 bits per heavy atom. The molecule has 28 heavy (non-hydrogen) atoms. The molecular weight excluding hydrogens is 346 g/mol. The number of amides is 1. The van der Waals surface area contributed by atoms with Crippen molar-refractivity contribution in [1.82, 2.24) is 0 Å². The predicted molar refractivity (Wildman–Crippen MR) is 112 cm³/mol. The molecule has 0 spiro atoms. The van der Waals surface area contributed by atoms with Gasteiger partial charge in [0.1, 0.15) is 0 Å². The van der Waals surface area contributed by atoms with E-state index in [9.17, 15) is 9.90 Å². The minimum Gasteiger partial charge on any atom is -0.387 e. The number of aliphatic hydroxyl groups excluding tert-OH is 1. The Balaban J connectivity index is 1.87. The zero-order valence-electron chi connectivity index (χ0n) is 16.1. The first kappa shape index (κ1) is 18.5. The molecule has 1 atom stereocenters. The Kier molecular flexibility index (Phi) is 5.01. The second-order valence-electron chi connectivity index (χ2n) is 7.49. The maximum atomic E-state index is 13.8. The molecule has 1 aliphatic heterocycles. The number of fused-ring (bicyclic) bond motifs is 1. The van der Waals surface area contributed by atoms with E-state index in [-0.39, 0.29) is 5.91 Å². The highest BCUT2D eigenvalue weighted by molar-refractivity contribution is 6.01. The fourth-order valence-electron chi connectivity index (χ4n) is 4.40. The Morgan fingerprint density at radius 3 is 1.86 bits per heavy atom. The van der Waals surface area contributed by atoms with Crippen LogP contribution >= 0.6 is 0 Å². The monoisotopic (exact) mass is 371 g/mol. The van der Waals surface area contributed by atoms with Crippen molar-refractivity contribution < 1.29 is 9.90 Å². The van der Waals surface area contributed by atoms with Crippen LogP contribution in [0.5, 0.6) is 0 Å². The molecule has 1 heterocycles. The summed E-state index contributed by atoms with van der Waals surface area (Å²) in [6.07, 6.45) is 0.126. The topological polar surface area (TPSA) is 40.5 Å². The number of aliphatic hydroxyl groups is 1. The van der Waals surface area contributed by atoms with Crippen molar-refractivity contribution in [1.29, 1.82) is 0 Å². The van der Waals surface area contributed by atoms with Gasteiger partial charge in [0.2, 0.25) is 5.91 Å². The van der Waals surface area contributed by atoms with Crippen LogP contribution in [-0.2, 0) is 17.6 Å². The number of nitrogens with zero attached hydrogens (tertiary/aromatic N) is 1. The van der Waals surface area contributed by atoms with Crippen molar-refractivity contribution in [2.45, 2.75) is 25.9 Å². The molecule has 3 heteroatoms. The first-order valence-corrected chi connectivity index (χ1v) is 9.82. The summed E-state index contributed by atoms with van der Waals surface area (Å²) < 4.78 is 0. The minimum atomic E-state index is -0.937. The molecular formula is C25H25NO2. The van der Waals surface area contributed by atoms with Gasteiger partial charge in [-0.2, -0.15) is 0 Å². The van der Waals surface area contributed by atoms with Gasteiger partial charge in [0.25, 0.3) is 0 Å². The number of para-hydroxylation sites is 1. The lowest BCUT2D eigenvalue weighted by Crippen LogP contribution is -2.54. The summed E-state index contributed by atoms with van der Waals surface area (Å²) in [4.78, 5) is 15.7. The first-order valence-electron chi connectivity index (χ1n) is 9.82. The molecule has 4 rings (SSSR count). The van der Waals surface area contributed by atoms with Gasteiger partial charge in [-0.3, -0.25) is 4.79 Å². The van der Waals surface area contributed by atoms with Crippen LogP contribution < -0.4 is 4.90 Å². The molecule has 3 nitrogen and oxygen atoms in total. The Hall–Kier alpha value is -2.91. The lowest BCUT2D eigenvalue weighted by atomic mass is 9.67. The number of benzene rings is 3. The van der Waals surface area contributed by atoms with Crippen molar-refractivity contribution in [2.24, 2.45) is 5.41 Å². The Bertz CT molecular complexity index is 911. The normalized spacial score (nSPS) is 18.0. The minimum absolute atomic E-state index is 0.00564. The maximum absolute atomic E-state index is 13.8. The summed E-state index contributed by atoms with van der Waals surface area (Å²) in [5, 5.41) is 11.5. The summed E-state index contributed by atoms with van der Waals surface area (Å²) in [5.41, 5.74) is 2.82. The fourth-order valence-corrected chi connectivity index (χ4v) is 4.40. The molecule has 0 bridgehead atoms. The second-order valence-corrected chi connectivity index (χ2v) is 7.49. The van der Waals surface area contributed by atoms with Gasteiger partial charge in [-0.15, -0.1) is 0 Å². The van der Waals surface area contributed by atoms with E-state index in [1.54, 1.807) is 0 Å². The molecule has 0 aliphatic carbocycles. The molecule has 3 aromatic rings. The van der Waals surface area contributed by atoms with Crippen LogP contribution in [0.15, 0.2) is 84.9 Å². The molecule has 142 valence electrons. The zero-order valence-corrected chi connectivity index (χ0v) is 16.1. The number of hydrogen-bond donors (Lipinski definition) is 1. The second kappa shape index (κ2) is 7.61. The number of rotatable bonds is 5. The standard InChI is InChI=1S/C25H25NO2/c1-2-26-22-16-10-9-15-21(22)23(27)25(24(26)28,17-19-11-5-3-6-12-19)18-20-13-7-4-8-14-20/h3-16,23,27H,2,17-18H2,1H3. The molecule has 1 unspecified atom stereocenters. The third-order valence-corrected chi connectivity index (χ3v) is 5.76. The number of anilines is 1. The van der Waals surface area contributed by atoms with Crippen LogP contribution in [0, 0.1) is 5.41 Å². The lowest BCUT2D eigenvalue weighted by molar-refractivity contribution is -0.137. The quantitative estimate of drug-likeness (QED) is 0.714. The third kappa shape index (κ3) is 3.12. The molecule has 1 N–H and O–H groups in total. The van der Waals surface area contributed by atoms with Gasteiger partial charge >= 0.3 is 0 Å². The predicted octanol–water partition coefficient (Wildman–Crippen LogP) is 4.56. The van der Waals surface area contributed by atoms with Gasteiger partial charge < -0.3 is 10.0 Å². The van der Waals surface area contributed by atoms with E-state index >= 15 is 0 Å². The summed E-state index contributed by atoms with van der Waals surface area (Å²) >= 11 is 0. The van der Waals surface area contributed by atoms with E-state index in [0.717, 1.165) is 22.4 Å². The van der Waals surface area contributed by atoms with E-state index in [1.807, 2.05) is 96.8 Å². The molecule has 0 fully saturated rings. The first-order chi connectivity index (χ1) is 13.7. The average molecular weight is 371 g/mol. The number of carbonyl (C=O) groups excluding carboxylic acids is 1. The largest absolute Gasteiger partial charge is 0.387 e. The lowest BCUT2D eigenvalue weighted by Gasteiger charge is -2.46. The van der Waals surface area contributed by atoms with Gasteiger partial charge in [0, 0.05) is 17.8 Å². The summed E-state index contributed by atoms with van der Waals surface area (Å²) in [7, 11) is 0. The maximum Gasteiger partial charge on any atom is 0.236 e. The van der Waals surface area contributed by atoms with Crippen LogP contribution in [0.1, 0.15) is 29.7 Å². The van der Waals surface area contributed by atoms with Crippen molar-refractivity contribution in [3.63, 3.8) is 0 Å². The fraction of sp³-hybridized carbons (Fsp3) is 0.240. The Labute approximate surface area is 166 Å². The molecule has 3 aromatic carbocycles. The average Bonchev–Trinajstić information content (AvgIpc) is 2.74. The highest BCUT2D eigenvalue weighted by Crippen LogP contribution is 2.49. The van der Waals surface area contributed by atoms with E-state index < -0.39 is 11.5 Å². The van der Waals surface area contributed by atoms with E-state index in [0.29, 0.717) is 19.4 Å². The third-order valence-electron chi connectivity index (χ3n) is 5.76. The van der Waals surface area contributed by atoms with E-state index in [2.05, 4.69) is 0 Å². The van der Waals surface area contributed by atoms with Crippen LogP contribution in [-0.4, -0.2) is 17.6 Å². The zero-order chi connectivity index (χ0) is 19.6. The van der Waals surface area contributed by atoms with Crippen molar-refractivity contribution in [3.8, 4) is 0 Å². The van der Waals surface area contributed by atoms with Crippen LogP contribution in [0.25, 0.3) is 0 Å². The number of hydrogen-bond acceptors (Lipinski definition) is 2. The van der Waals surface area contributed by atoms with Crippen molar-refractivity contribution in [3.05, 3.63) is 102 Å². The Morgan fingerprint density at radius 1 is 0.821 bits per heavy atom. The van der Waals surface area contributed by atoms with Gasteiger partial charge in [0.15, 0.2) is 0 Å². The molecule has 0 aromatic heterocycles. The molecule has 0 saturated heterocycles.